The molecule has 2 N–H and O–H groups in total. The highest BCUT2D eigenvalue weighted by atomic mass is 32.2. The lowest BCUT2D eigenvalue weighted by Gasteiger charge is -2.14. The van der Waals surface area contributed by atoms with Gasteiger partial charge in [0.2, 0.25) is 11.0 Å². The van der Waals surface area contributed by atoms with Crippen molar-refractivity contribution in [1.29, 1.82) is 0 Å². The third kappa shape index (κ3) is 5.73. The molecule has 3 rings (SSSR count). The van der Waals surface area contributed by atoms with Crippen molar-refractivity contribution in [2.45, 2.75) is 31.0 Å². The SMILES string of the molecule is C[C@H](NS(=O)(=O)c1cc2cc(F)ccc2o1)C(=O)NCc1cc(OC(F)(F)F)ccc1F. The summed E-state index contributed by atoms with van der Waals surface area (Å²) in [5, 5.41) is 1.85. The largest absolute Gasteiger partial charge is 0.573 e. The lowest BCUT2D eigenvalue weighted by atomic mass is 10.2. The Hall–Kier alpha value is -3.19. The van der Waals surface area contributed by atoms with E-state index in [-0.39, 0.29) is 16.5 Å². The molecule has 1 amide bonds. The summed E-state index contributed by atoms with van der Waals surface area (Å²) in [5.74, 6) is -3.07. The molecule has 0 saturated heterocycles. The van der Waals surface area contributed by atoms with Crippen molar-refractivity contribution in [3.05, 3.63) is 59.7 Å². The summed E-state index contributed by atoms with van der Waals surface area (Å²) in [7, 11) is -4.32. The van der Waals surface area contributed by atoms with Crippen LogP contribution in [0.2, 0.25) is 0 Å². The van der Waals surface area contributed by atoms with Crippen molar-refractivity contribution in [2.75, 3.05) is 0 Å². The van der Waals surface area contributed by atoms with Gasteiger partial charge < -0.3 is 14.5 Å². The van der Waals surface area contributed by atoms with Crippen molar-refractivity contribution in [2.24, 2.45) is 0 Å². The minimum atomic E-state index is -4.98. The molecule has 0 radical (unpaired) electrons. The van der Waals surface area contributed by atoms with E-state index in [9.17, 15) is 35.2 Å². The first kappa shape index (κ1) is 23.5. The Morgan fingerprint density at radius 3 is 2.53 bits per heavy atom. The molecule has 0 unspecified atom stereocenters. The van der Waals surface area contributed by atoms with Gasteiger partial charge in [-0.15, -0.1) is 13.2 Å². The number of rotatable bonds is 7. The van der Waals surface area contributed by atoms with Crippen molar-refractivity contribution >= 4 is 26.9 Å². The molecule has 0 saturated carbocycles. The fourth-order valence-electron chi connectivity index (χ4n) is 2.69. The second-order valence-electron chi connectivity index (χ2n) is 6.61. The number of carbonyl (C=O) groups is 1. The molecule has 0 bridgehead atoms. The molecule has 2 aromatic carbocycles. The third-order valence-corrected chi connectivity index (χ3v) is 5.54. The maximum absolute atomic E-state index is 13.8. The molecule has 0 fully saturated rings. The number of furan rings is 1. The van der Waals surface area contributed by atoms with Gasteiger partial charge in [0.15, 0.2) is 0 Å². The summed E-state index contributed by atoms with van der Waals surface area (Å²) in [4.78, 5) is 12.2. The standard InChI is InChI=1S/C19H15F5N2O5S/c1-10(26-32(28,29)17-8-11-6-13(20)2-5-16(11)30-17)18(27)25-9-12-7-14(3-4-15(12)21)31-19(22,23)24/h2-8,10,26H,9H2,1H3,(H,25,27)/t10-/m0/s1. The normalized spacial score (nSPS) is 13.2. The molecular formula is C19H15F5N2O5S. The van der Waals surface area contributed by atoms with Crippen LogP contribution in [0.3, 0.4) is 0 Å². The molecule has 3 aromatic rings. The molecule has 0 aliphatic rings. The second kappa shape index (κ2) is 8.74. The smallest absolute Gasteiger partial charge is 0.443 e. The number of carbonyl (C=O) groups excluding carboxylic acids is 1. The van der Waals surface area contributed by atoms with Gasteiger partial charge in [0.05, 0.1) is 6.04 Å². The van der Waals surface area contributed by atoms with Gasteiger partial charge in [-0.05, 0) is 43.3 Å². The Labute approximate surface area is 178 Å². The number of alkyl halides is 3. The van der Waals surface area contributed by atoms with E-state index in [1.807, 2.05) is 4.72 Å². The molecule has 32 heavy (non-hydrogen) atoms. The number of hydrogen-bond donors (Lipinski definition) is 2. The first-order valence-corrected chi connectivity index (χ1v) is 10.4. The molecule has 13 heteroatoms. The summed E-state index contributed by atoms with van der Waals surface area (Å²) in [5.41, 5.74) is -0.199. The molecule has 1 heterocycles. The Bertz CT molecular complexity index is 1260. The molecule has 7 nitrogen and oxygen atoms in total. The molecular weight excluding hydrogens is 463 g/mol. The van der Waals surface area contributed by atoms with Gasteiger partial charge in [-0.3, -0.25) is 4.79 Å². The molecule has 1 aromatic heterocycles. The van der Waals surface area contributed by atoms with Crippen LogP contribution < -0.4 is 14.8 Å². The van der Waals surface area contributed by atoms with Crippen molar-refractivity contribution < 1.29 is 44.3 Å². The van der Waals surface area contributed by atoms with Gasteiger partial charge in [-0.2, -0.15) is 4.72 Å². The predicted octanol–water partition coefficient (Wildman–Crippen LogP) is 3.59. The van der Waals surface area contributed by atoms with E-state index in [0.29, 0.717) is 0 Å². The summed E-state index contributed by atoms with van der Waals surface area (Å²) in [6.07, 6.45) is -4.98. The summed E-state index contributed by atoms with van der Waals surface area (Å²) < 4.78 is 99.8. The zero-order chi connectivity index (χ0) is 23.7. The van der Waals surface area contributed by atoms with E-state index in [0.717, 1.165) is 36.4 Å². The topological polar surface area (TPSA) is 97.6 Å². The van der Waals surface area contributed by atoms with E-state index < -0.39 is 57.4 Å². The minimum absolute atomic E-state index is 0.111. The summed E-state index contributed by atoms with van der Waals surface area (Å²) in [6, 6.07) is 5.37. The van der Waals surface area contributed by atoms with Crippen LogP contribution in [0.15, 0.2) is 52.0 Å². The van der Waals surface area contributed by atoms with E-state index in [2.05, 4.69) is 10.1 Å². The maximum Gasteiger partial charge on any atom is 0.573 e. The molecule has 0 aliphatic heterocycles. The van der Waals surface area contributed by atoms with Crippen LogP contribution in [0.4, 0.5) is 22.0 Å². The van der Waals surface area contributed by atoms with E-state index in [4.69, 9.17) is 4.42 Å². The second-order valence-corrected chi connectivity index (χ2v) is 8.25. The Morgan fingerprint density at radius 1 is 1.12 bits per heavy atom. The van der Waals surface area contributed by atoms with Crippen LogP contribution in [0, 0.1) is 11.6 Å². The summed E-state index contributed by atoms with van der Waals surface area (Å²) in [6.45, 7) is 0.657. The Balaban J connectivity index is 1.66. The zero-order valence-electron chi connectivity index (χ0n) is 16.2. The van der Waals surface area contributed by atoms with Crippen LogP contribution in [0.5, 0.6) is 5.75 Å². The molecule has 172 valence electrons. The quantitative estimate of drug-likeness (QED) is 0.506. The zero-order valence-corrected chi connectivity index (χ0v) is 17.0. The van der Waals surface area contributed by atoms with Gasteiger partial charge in [0.25, 0.3) is 10.0 Å². The van der Waals surface area contributed by atoms with Crippen molar-refractivity contribution in [3.63, 3.8) is 0 Å². The highest BCUT2D eigenvalue weighted by Crippen LogP contribution is 2.25. The number of benzene rings is 2. The van der Waals surface area contributed by atoms with Crippen LogP contribution >= 0.6 is 0 Å². The lowest BCUT2D eigenvalue weighted by molar-refractivity contribution is -0.274. The average Bonchev–Trinajstić information content (AvgIpc) is 3.11. The van der Waals surface area contributed by atoms with Gasteiger partial charge in [-0.1, -0.05) is 0 Å². The monoisotopic (exact) mass is 478 g/mol. The van der Waals surface area contributed by atoms with E-state index in [1.54, 1.807) is 0 Å². The van der Waals surface area contributed by atoms with Gasteiger partial charge in [-0.25, -0.2) is 17.2 Å². The molecule has 0 aliphatic carbocycles. The van der Waals surface area contributed by atoms with Gasteiger partial charge in [0.1, 0.15) is 23.0 Å². The molecule has 1 atom stereocenters. The Morgan fingerprint density at radius 2 is 1.84 bits per heavy atom. The maximum atomic E-state index is 13.8. The third-order valence-electron chi connectivity index (χ3n) is 4.15. The number of fused-ring (bicyclic) bond motifs is 1. The number of halogens is 5. The Kier molecular flexibility index (Phi) is 6.41. The fraction of sp³-hybridized carbons (Fsp3) is 0.211. The van der Waals surface area contributed by atoms with Crippen molar-refractivity contribution in [3.8, 4) is 5.75 Å². The number of ether oxygens (including phenoxy) is 1. The average molecular weight is 478 g/mol. The summed E-state index contributed by atoms with van der Waals surface area (Å²) >= 11 is 0. The van der Waals surface area contributed by atoms with E-state index in [1.165, 1.54) is 13.0 Å². The number of hydrogen-bond acceptors (Lipinski definition) is 5. The number of nitrogens with one attached hydrogen (secondary N) is 2. The highest BCUT2D eigenvalue weighted by molar-refractivity contribution is 7.89. The van der Waals surface area contributed by atoms with Crippen LogP contribution in [0.25, 0.3) is 11.0 Å². The molecule has 0 spiro atoms. The van der Waals surface area contributed by atoms with Crippen LogP contribution in [0.1, 0.15) is 12.5 Å². The first-order valence-electron chi connectivity index (χ1n) is 8.87. The number of amides is 1. The fourth-order valence-corrected chi connectivity index (χ4v) is 3.86. The lowest BCUT2D eigenvalue weighted by Crippen LogP contribution is -2.44. The van der Waals surface area contributed by atoms with Gasteiger partial charge >= 0.3 is 6.36 Å². The van der Waals surface area contributed by atoms with Crippen molar-refractivity contribution in [1.82, 2.24) is 10.0 Å². The predicted molar refractivity (Wildman–Crippen MR) is 101 cm³/mol. The van der Waals surface area contributed by atoms with Crippen LogP contribution in [-0.4, -0.2) is 26.7 Å². The van der Waals surface area contributed by atoms with E-state index >= 15 is 0 Å². The first-order chi connectivity index (χ1) is 14.8. The van der Waals surface area contributed by atoms with Crippen LogP contribution in [-0.2, 0) is 21.4 Å². The minimum Gasteiger partial charge on any atom is -0.443 e. The highest BCUT2D eigenvalue weighted by Gasteiger charge is 2.31. The van der Waals surface area contributed by atoms with Gasteiger partial charge in [0, 0.05) is 23.6 Å². The number of sulfonamides is 1.